The van der Waals surface area contributed by atoms with Crippen LogP contribution in [0.15, 0.2) is 0 Å². The molecule has 158 valence electrons. The van der Waals surface area contributed by atoms with Crippen molar-refractivity contribution < 1.29 is 5.11 Å². The molecule has 0 aromatic heterocycles. The van der Waals surface area contributed by atoms with Crippen molar-refractivity contribution >= 4 is 0 Å². The second-order valence-electron chi connectivity index (χ2n) is 8.64. The molecule has 0 atom stereocenters. The van der Waals surface area contributed by atoms with Crippen LogP contribution in [0, 0.1) is 0 Å². The van der Waals surface area contributed by atoms with Crippen LogP contribution in [0.25, 0.3) is 0 Å². The van der Waals surface area contributed by atoms with Gasteiger partial charge in [-0.1, -0.05) is 117 Å². The van der Waals surface area contributed by atoms with Gasteiger partial charge < -0.3 is 10.8 Å². The molecule has 0 spiro atoms. The Morgan fingerprint density at radius 1 is 0.500 bits per heavy atom. The van der Waals surface area contributed by atoms with Gasteiger partial charge in [-0.25, -0.2) is 0 Å². The molecule has 0 aromatic carbocycles. The molecule has 0 aromatic rings. The summed E-state index contributed by atoms with van der Waals surface area (Å²) < 4.78 is 0. The zero-order valence-electron chi connectivity index (χ0n) is 18.4. The van der Waals surface area contributed by atoms with Gasteiger partial charge in [0.1, 0.15) is 0 Å². The van der Waals surface area contributed by atoms with Gasteiger partial charge in [0.05, 0.1) is 0 Å². The van der Waals surface area contributed by atoms with E-state index < -0.39 is 0 Å². The Labute approximate surface area is 165 Å². The predicted octanol–water partition coefficient (Wildman–Crippen LogP) is 7.52. The van der Waals surface area contributed by atoms with E-state index in [4.69, 9.17) is 5.73 Å². The lowest BCUT2D eigenvalue weighted by atomic mass is 9.83. The van der Waals surface area contributed by atoms with Crippen molar-refractivity contribution in [2.45, 2.75) is 148 Å². The molecule has 0 aliphatic carbocycles. The summed E-state index contributed by atoms with van der Waals surface area (Å²) in [6, 6.07) is 0. The summed E-state index contributed by atoms with van der Waals surface area (Å²) in [6.45, 7) is 4.84. The van der Waals surface area contributed by atoms with Crippen LogP contribution in [0.2, 0.25) is 0 Å². The second-order valence-corrected chi connectivity index (χ2v) is 8.64. The average molecular weight is 370 g/mol. The Hall–Kier alpha value is -0.0800. The summed E-state index contributed by atoms with van der Waals surface area (Å²) >= 11 is 0. The number of hydrogen-bond acceptors (Lipinski definition) is 2. The van der Waals surface area contributed by atoms with E-state index in [9.17, 15) is 5.11 Å². The van der Waals surface area contributed by atoms with Crippen molar-refractivity contribution in [1.29, 1.82) is 0 Å². The van der Waals surface area contributed by atoms with Crippen LogP contribution in [0.5, 0.6) is 0 Å². The fourth-order valence-corrected chi connectivity index (χ4v) is 4.03. The van der Waals surface area contributed by atoms with E-state index >= 15 is 0 Å². The van der Waals surface area contributed by atoms with Gasteiger partial charge in [-0.05, 0) is 25.7 Å². The third-order valence-corrected chi connectivity index (χ3v) is 5.89. The van der Waals surface area contributed by atoms with Crippen LogP contribution in [-0.4, -0.2) is 17.3 Å². The highest BCUT2D eigenvalue weighted by Gasteiger charge is 2.23. The number of unbranched alkanes of at least 4 members (excludes halogenated alkanes) is 14. The topological polar surface area (TPSA) is 46.2 Å². The monoisotopic (exact) mass is 369 g/mol. The molecule has 0 aliphatic rings. The van der Waals surface area contributed by atoms with Crippen LogP contribution < -0.4 is 5.73 Å². The molecule has 0 heterocycles. The minimum absolute atomic E-state index is 0.0207. The highest BCUT2D eigenvalue weighted by atomic mass is 16.2. The van der Waals surface area contributed by atoms with Gasteiger partial charge in [-0.15, -0.1) is 0 Å². The largest absolute Gasteiger partial charge is 0.396 e. The SMILES string of the molecule is CCCCCCCCCCC(N)(CCCO)CCCCCCCCCC. The van der Waals surface area contributed by atoms with Gasteiger partial charge in [0.25, 0.3) is 0 Å². The molecule has 0 saturated carbocycles. The standard InChI is InChI=1S/C24H51NO/c1-3-5-7-9-11-13-15-17-20-24(25,22-19-23-26)21-18-16-14-12-10-8-6-4-2/h26H,3-23,25H2,1-2H3. The molecule has 0 rings (SSSR count). The summed E-state index contributed by atoms with van der Waals surface area (Å²) in [6.07, 6.45) is 26.0. The first-order valence-electron chi connectivity index (χ1n) is 12.1. The lowest BCUT2D eigenvalue weighted by molar-refractivity contribution is 0.242. The van der Waals surface area contributed by atoms with Crippen LogP contribution in [-0.2, 0) is 0 Å². The molecule has 0 fully saturated rings. The minimum atomic E-state index is -0.0207. The molecule has 2 heteroatoms. The van der Waals surface area contributed by atoms with E-state index in [1.165, 1.54) is 103 Å². The third-order valence-electron chi connectivity index (χ3n) is 5.89. The number of hydrogen-bond donors (Lipinski definition) is 2. The van der Waals surface area contributed by atoms with Crippen molar-refractivity contribution in [2.24, 2.45) is 5.73 Å². The predicted molar refractivity (Wildman–Crippen MR) is 118 cm³/mol. The molecule has 0 unspecified atom stereocenters. The maximum absolute atomic E-state index is 9.20. The van der Waals surface area contributed by atoms with Gasteiger partial charge in [0.2, 0.25) is 0 Å². The molecule has 3 N–H and O–H groups in total. The Morgan fingerprint density at radius 3 is 1.15 bits per heavy atom. The Balaban J connectivity index is 3.78. The zero-order chi connectivity index (χ0) is 19.3. The lowest BCUT2D eigenvalue weighted by Crippen LogP contribution is -2.40. The maximum atomic E-state index is 9.20. The molecular weight excluding hydrogens is 318 g/mol. The fourth-order valence-electron chi connectivity index (χ4n) is 4.03. The van der Waals surface area contributed by atoms with Gasteiger partial charge in [0.15, 0.2) is 0 Å². The van der Waals surface area contributed by atoms with E-state index in [0.717, 1.165) is 25.7 Å². The van der Waals surface area contributed by atoms with Gasteiger partial charge in [-0.3, -0.25) is 0 Å². The van der Waals surface area contributed by atoms with E-state index in [-0.39, 0.29) is 12.1 Å². The normalized spacial score (nSPS) is 12.0. The molecule has 0 radical (unpaired) electrons. The van der Waals surface area contributed by atoms with Crippen molar-refractivity contribution in [3.8, 4) is 0 Å². The first-order chi connectivity index (χ1) is 12.7. The van der Waals surface area contributed by atoms with Crippen LogP contribution in [0.4, 0.5) is 0 Å². The van der Waals surface area contributed by atoms with Gasteiger partial charge in [-0.2, -0.15) is 0 Å². The van der Waals surface area contributed by atoms with Crippen molar-refractivity contribution in [1.82, 2.24) is 0 Å². The molecule has 0 amide bonds. The maximum Gasteiger partial charge on any atom is 0.0431 e. The highest BCUT2D eigenvalue weighted by molar-refractivity contribution is 4.84. The van der Waals surface area contributed by atoms with Crippen molar-refractivity contribution in [2.75, 3.05) is 6.61 Å². The molecule has 0 saturated heterocycles. The second kappa shape index (κ2) is 19.7. The number of nitrogens with two attached hydrogens (primary N) is 1. The van der Waals surface area contributed by atoms with E-state index in [2.05, 4.69) is 13.8 Å². The summed E-state index contributed by atoms with van der Waals surface area (Å²) in [7, 11) is 0. The summed E-state index contributed by atoms with van der Waals surface area (Å²) in [5.74, 6) is 0. The van der Waals surface area contributed by atoms with Gasteiger partial charge >= 0.3 is 0 Å². The van der Waals surface area contributed by atoms with Crippen LogP contribution in [0.1, 0.15) is 142 Å². The van der Waals surface area contributed by atoms with Crippen molar-refractivity contribution in [3.63, 3.8) is 0 Å². The third kappa shape index (κ3) is 17.3. The summed E-state index contributed by atoms with van der Waals surface area (Å²) in [5.41, 5.74) is 6.71. The van der Waals surface area contributed by atoms with Gasteiger partial charge in [0, 0.05) is 12.1 Å². The Bertz CT molecular complexity index is 247. The summed E-state index contributed by atoms with van der Waals surface area (Å²) in [5, 5.41) is 9.20. The number of rotatable bonds is 21. The number of aliphatic hydroxyl groups is 1. The average Bonchev–Trinajstić information content (AvgIpc) is 2.64. The smallest absolute Gasteiger partial charge is 0.0431 e. The Kier molecular flexibility index (Phi) is 19.6. The highest BCUT2D eigenvalue weighted by Crippen LogP contribution is 2.25. The molecule has 0 aliphatic heterocycles. The first-order valence-corrected chi connectivity index (χ1v) is 12.1. The van der Waals surface area contributed by atoms with E-state index in [0.29, 0.717) is 0 Å². The zero-order valence-corrected chi connectivity index (χ0v) is 18.4. The molecule has 0 bridgehead atoms. The van der Waals surface area contributed by atoms with Crippen LogP contribution >= 0.6 is 0 Å². The summed E-state index contributed by atoms with van der Waals surface area (Å²) in [4.78, 5) is 0. The number of aliphatic hydroxyl groups excluding tert-OH is 1. The molecule has 2 nitrogen and oxygen atoms in total. The van der Waals surface area contributed by atoms with E-state index in [1.54, 1.807) is 0 Å². The lowest BCUT2D eigenvalue weighted by Gasteiger charge is -2.30. The fraction of sp³-hybridized carbons (Fsp3) is 1.00. The Morgan fingerprint density at radius 2 is 0.808 bits per heavy atom. The van der Waals surface area contributed by atoms with E-state index in [1.807, 2.05) is 0 Å². The molecule has 26 heavy (non-hydrogen) atoms. The van der Waals surface area contributed by atoms with Crippen molar-refractivity contribution in [3.05, 3.63) is 0 Å². The minimum Gasteiger partial charge on any atom is -0.396 e. The first kappa shape index (κ1) is 25.9. The van der Waals surface area contributed by atoms with Crippen LogP contribution in [0.3, 0.4) is 0 Å². The quantitative estimate of drug-likeness (QED) is 0.205. The molecular formula is C24H51NO.